The first kappa shape index (κ1) is 16.4. The van der Waals surface area contributed by atoms with Crippen molar-refractivity contribution in [3.63, 3.8) is 0 Å². The van der Waals surface area contributed by atoms with Gasteiger partial charge in [0, 0.05) is 5.56 Å². The zero-order valence-electron chi connectivity index (χ0n) is 11.3. The fourth-order valence-electron chi connectivity index (χ4n) is 1.97. The van der Waals surface area contributed by atoms with Crippen LogP contribution in [0.2, 0.25) is 0 Å². The van der Waals surface area contributed by atoms with E-state index in [1.807, 2.05) is 0 Å². The lowest BCUT2D eigenvalue weighted by atomic mass is 10.0. The van der Waals surface area contributed by atoms with E-state index in [2.05, 4.69) is 0 Å². The van der Waals surface area contributed by atoms with E-state index in [0.717, 1.165) is 12.1 Å². The van der Waals surface area contributed by atoms with Crippen molar-refractivity contribution in [2.45, 2.75) is 16.7 Å². The standard InChI is InChI=1S/C13H12O7S2/c1-8-2-4-10(12(6-8)21(15,16)17)9-3-5-11(14)13(7-9)22(18,19)20/h2-7,14H,1H3,(H,15,16,17)(H,18,19,20). The fraction of sp³-hybridized carbons (Fsp3) is 0.0769. The highest BCUT2D eigenvalue weighted by atomic mass is 32.2. The molecule has 0 spiro atoms. The number of rotatable bonds is 3. The van der Waals surface area contributed by atoms with E-state index < -0.39 is 35.8 Å². The summed E-state index contributed by atoms with van der Waals surface area (Å²) in [5.41, 5.74) is 0.709. The lowest BCUT2D eigenvalue weighted by Gasteiger charge is -2.10. The number of hydrogen-bond donors (Lipinski definition) is 3. The summed E-state index contributed by atoms with van der Waals surface area (Å²) in [5.74, 6) is -0.674. The Bertz CT molecular complexity index is 944. The molecule has 0 unspecified atom stereocenters. The van der Waals surface area contributed by atoms with Crippen LogP contribution in [0.15, 0.2) is 46.2 Å². The van der Waals surface area contributed by atoms with Crippen LogP contribution in [0.1, 0.15) is 5.56 Å². The molecule has 2 rings (SSSR count). The minimum absolute atomic E-state index is 0.0398. The summed E-state index contributed by atoms with van der Waals surface area (Å²) in [4.78, 5) is -1.16. The fourth-order valence-corrected chi connectivity index (χ4v) is 3.38. The average molecular weight is 344 g/mol. The molecule has 0 saturated heterocycles. The number of hydrogen-bond acceptors (Lipinski definition) is 5. The average Bonchev–Trinajstić information content (AvgIpc) is 2.37. The van der Waals surface area contributed by atoms with E-state index >= 15 is 0 Å². The van der Waals surface area contributed by atoms with E-state index in [1.165, 1.54) is 18.2 Å². The highest BCUT2D eigenvalue weighted by molar-refractivity contribution is 7.86. The number of aromatic hydroxyl groups is 1. The summed E-state index contributed by atoms with van der Waals surface area (Å²) < 4.78 is 63.7. The Morgan fingerprint density at radius 3 is 1.95 bits per heavy atom. The van der Waals surface area contributed by atoms with Gasteiger partial charge >= 0.3 is 0 Å². The van der Waals surface area contributed by atoms with Gasteiger partial charge in [-0.25, -0.2) is 0 Å². The van der Waals surface area contributed by atoms with Gasteiger partial charge in [0.25, 0.3) is 20.2 Å². The summed E-state index contributed by atoms with van der Waals surface area (Å²) in [7, 11) is -9.22. The Morgan fingerprint density at radius 2 is 1.41 bits per heavy atom. The third-order valence-electron chi connectivity index (χ3n) is 2.96. The van der Waals surface area contributed by atoms with E-state index in [1.54, 1.807) is 13.0 Å². The van der Waals surface area contributed by atoms with Gasteiger partial charge in [0.05, 0.1) is 0 Å². The number of aryl methyl sites for hydroxylation is 1. The van der Waals surface area contributed by atoms with Crippen LogP contribution in [0.25, 0.3) is 11.1 Å². The van der Waals surface area contributed by atoms with Crippen molar-refractivity contribution in [3.05, 3.63) is 42.0 Å². The molecule has 7 nitrogen and oxygen atoms in total. The largest absolute Gasteiger partial charge is 0.506 e. The van der Waals surface area contributed by atoms with E-state index in [9.17, 15) is 26.5 Å². The molecule has 3 N–H and O–H groups in total. The molecule has 0 saturated carbocycles. The van der Waals surface area contributed by atoms with Gasteiger partial charge in [0.15, 0.2) is 0 Å². The molecule has 0 aliphatic carbocycles. The van der Waals surface area contributed by atoms with Crippen LogP contribution in [0.5, 0.6) is 5.75 Å². The second kappa shape index (κ2) is 5.36. The van der Waals surface area contributed by atoms with Crippen molar-refractivity contribution in [2.24, 2.45) is 0 Å². The molecule has 9 heteroatoms. The molecule has 22 heavy (non-hydrogen) atoms. The molecule has 0 aliphatic rings. The monoisotopic (exact) mass is 344 g/mol. The summed E-state index contributed by atoms with van der Waals surface area (Å²) in [6, 6.07) is 7.38. The quantitative estimate of drug-likeness (QED) is 0.725. The zero-order valence-corrected chi connectivity index (χ0v) is 12.9. The molecule has 0 atom stereocenters. The predicted octanol–water partition coefficient (Wildman–Crippen LogP) is 1.86. The second-order valence-electron chi connectivity index (χ2n) is 4.63. The van der Waals surface area contributed by atoms with Crippen LogP contribution in [0, 0.1) is 6.92 Å². The van der Waals surface area contributed by atoms with E-state index in [-0.39, 0.29) is 11.1 Å². The van der Waals surface area contributed by atoms with Crippen LogP contribution < -0.4 is 0 Å². The van der Waals surface area contributed by atoms with Crippen LogP contribution >= 0.6 is 0 Å². The first-order chi connectivity index (χ1) is 10.00. The van der Waals surface area contributed by atoms with Crippen LogP contribution in [0.4, 0.5) is 0 Å². The van der Waals surface area contributed by atoms with Crippen molar-refractivity contribution in [3.8, 4) is 16.9 Å². The number of benzene rings is 2. The maximum absolute atomic E-state index is 11.5. The van der Waals surface area contributed by atoms with Crippen molar-refractivity contribution < 1.29 is 31.0 Å². The van der Waals surface area contributed by atoms with Gasteiger partial charge in [0.2, 0.25) is 0 Å². The third kappa shape index (κ3) is 3.28. The highest BCUT2D eigenvalue weighted by Crippen LogP contribution is 2.33. The van der Waals surface area contributed by atoms with Gasteiger partial charge in [-0.15, -0.1) is 0 Å². The SMILES string of the molecule is Cc1ccc(-c2ccc(O)c(S(=O)(=O)O)c2)c(S(=O)(=O)O)c1. The van der Waals surface area contributed by atoms with Crippen LogP contribution in [-0.4, -0.2) is 31.0 Å². The molecule has 0 radical (unpaired) electrons. The molecule has 2 aromatic carbocycles. The first-order valence-electron chi connectivity index (χ1n) is 5.89. The third-order valence-corrected chi connectivity index (χ3v) is 4.74. The van der Waals surface area contributed by atoms with Crippen LogP contribution in [-0.2, 0) is 20.2 Å². The van der Waals surface area contributed by atoms with Crippen molar-refractivity contribution in [1.29, 1.82) is 0 Å². The highest BCUT2D eigenvalue weighted by Gasteiger charge is 2.20. The predicted molar refractivity (Wildman–Crippen MR) is 77.9 cm³/mol. The smallest absolute Gasteiger partial charge is 0.298 e. The lowest BCUT2D eigenvalue weighted by molar-refractivity contribution is 0.443. The minimum Gasteiger partial charge on any atom is -0.506 e. The summed E-state index contributed by atoms with van der Waals surface area (Å²) in [6.07, 6.45) is 0. The normalized spacial score (nSPS) is 12.3. The summed E-state index contributed by atoms with van der Waals surface area (Å²) in [6.45, 7) is 1.62. The number of phenolic OH excluding ortho intramolecular Hbond substituents is 1. The molecular weight excluding hydrogens is 332 g/mol. The Labute approximate surface area is 127 Å². The molecule has 0 aliphatic heterocycles. The Balaban J connectivity index is 2.79. The molecule has 2 aromatic rings. The van der Waals surface area contributed by atoms with E-state index in [0.29, 0.717) is 5.56 Å². The Morgan fingerprint density at radius 1 is 0.818 bits per heavy atom. The molecule has 118 valence electrons. The molecule has 0 fully saturated rings. The zero-order chi connectivity index (χ0) is 16.7. The molecule has 0 bridgehead atoms. The maximum atomic E-state index is 11.5. The topological polar surface area (TPSA) is 129 Å². The molecule has 0 amide bonds. The number of phenols is 1. The lowest BCUT2D eigenvalue weighted by Crippen LogP contribution is -2.03. The molecule has 0 heterocycles. The Kier molecular flexibility index (Phi) is 4.00. The van der Waals surface area contributed by atoms with Gasteiger partial charge in [-0.05, 0) is 36.2 Å². The first-order valence-corrected chi connectivity index (χ1v) is 8.77. The molecular formula is C13H12O7S2. The van der Waals surface area contributed by atoms with Gasteiger partial charge in [-0.1, -0.05) is 18.2 Å². The second-order valence-corrected chi connectivity index (χ2v) is 7.41. The van der Waals surface area contributed by atoms with Gasteiger partial charge in [0.1, 0.15) is 15.5 Å². The van der Waals surface area contributed by atoms with Crippen molar-refractivity contribution in [1.82, 2.24) is 0 Å². The maximum Gasteiger partial charge on any atom is 0.298 e. The van der Waals surface area contributed by atoms with Gasteiger partial charge in [-0.3, -0.25) is 9.11 Å². The van der Waals surface area contributed by atoms with Gasteiger partial charge < -0.3 is 5.11 Å². The van der Waals surface area contributed by atoms with Crippen LogP contribution in [0.3, 0.4) is 0 Å². The van der Waals surface area contributed by atoms with Gasteiger partial charge in [-0.2, -0.15) is 16.8 Å². The minimum atomic E-state index is -4.68. The molecule has 0 aromatic heterocycles. The summed E-state index contributed by atoms with van der Waals surface area (Å²) in [5, 5.41) is 9.48. The summed E-state index contributed by atoms with van der Waals surface area (Å²) >= 11 is 0. The van der Waals surface area contributed by atoms with Crippen molar-refractivity contribution in [2.75, 3.05) is 0 Å². The van der Waals surface area contributed by atoms with E-state index in [4.69, 9.17) is 4.55 Å². The Hall–Kier alpha value is -1.94. The van der Waals surface area contributed by atoms with Crippen molar-refractivity contribution >= 4 is 20.2 Å².